The third-order valence-electron chi connectivity index (χ3n) is 6.11. The van der Waals surface area contributed by atoms with Crippen molar-refractivity contribution in [1.82, 2.24) is 9.80 Å². The average molecular weight is 375 g/mol. The summed E-state index contributed by atoms with van der Waals surface area (Å²) in [5, 5.41) is 0.823. The van der Waals surface area contributed by atoms with Crippen molar-refractivity contribution < 1.29 is 0 Å². The van der Waals surface area contributed by atoms with Crippen molar-refractivity contribution in [2.45, 2.75) is 59.4 Å². The average Bonchev–Trinajstić information content (AvgIpc) is 2.57. The van der Waals surface area contributed by atoms with Crippen LogP contribution in [0.25, 0.3) is 5.57 Å². The van der Waals surface area contributed by atoms with Gasteiger partial charge >= 0.3 is 0 Å². The van der Waals surface area contributed by atoms with E-state index in [2.05, 4.69) is 56.6 Å². The van der Waals surface area contributed by atoms with Crippen LogP contribution < -0.4 is 0 Å². The highest BCUT2D eigenvalue weighted by Crippen LogP contribution is 2.43. The van der Waals surface area contributed by atoms with E-state index in [0.29, 0.717) is 5.41 Å². The highest BCUT2D eigenvalue weighted by Gasteiger charge is 2.30. The van der Waals surface area contributed by atoms with Crippen LogP contribution in [0.2, 0.25) is 5.02 Å². The third-order valence-corrected chi connectivity index (χ3v) is 6.37. The molecule has 1 aromatic rings. The molecule has 0 spiro atoms. The predicted octanol–water partition coefficient (Wildman–Crippen LogP) is 5.72. The van der Waals surface area contributed by atoms with E-state index >= 15 is 0 Å². The summed E-state index contributed by atoms with van der Waals surface area (Å²) in [7, 11) is 0. The van der Waals surface area contributed by atoms with E-state index in [1.54, 1.807) is 11.1 Å². The lowest BCUT2D eigenvalue weighted by molar-refractivity contribution is 0.0657. The van der Waals surface area contributed by atoms with Crippen LogP contribution in [-0.2, 0) is 0 Å². The van der Waals surface area contributed by atoms with Gasteiger partial charge in [-0.2, -0.15) is 0 Å². The molecular weight excluding hydrogens is 340 g/mol. The van der Waals surface area contributed by atoms with Crippen LogP contribution in [-0.4, -0.2) is 48.1 Å². The molecule has 0 unspecified atom stereocenters. The molecule has 0 radical (unpaired) electrons. The Balaban J connectivity index is 1.76. The molecule has 0 N–H and O–H groups in total. The standard InChI is InChI=1S/C23H35ClN2/c1-22(2,3)26-14-12-25(13-15-26)17-19-10-11-23(4,5)16-21(19)18-6-8-20(24)9-7-18/h6-9H,10-17H2,1-5H3. The minimum absolute atomic E-state index is 0.286. The Labute approximate surface area is 165 Å². The molecule has 0 bridgehead atoms. The Morgan fingerprint density at radius 2 is 1.62 bits per heavy atom. The molecule has 1 fully saturated rings. The quantitative estimate of drug-likeness (QED) is 0.667. The molecule has 0 aromatic heterocycles. The maximum absolute atomic E-state index is 6.12. The normalized spacial score (nSPS) is 22.7. The van der Waals surface area contributed by atoms with Gasteiger partial charge in [0, 0.05) is 43.3 Å². The van der Waals surface area contributed by atoms with Crippen LogP contribution in [0.3, 0.4) is 0 Å². The molecule has 0 saturated carbocycles. The molecule has 1 saturated heterocycles. The van der Waals surface area contributed by atoms with Crippen LogP contribution >= 0.6 is 11.6 Å². The van der Waals surface area contributed by atoms with Gasteiger partial charge < -0.3 is 0 Å². The maximum Gasteiger partial charge on any atom is 0.0406 e. The molecule has 3 rings (SSSR count). The Morgan fingerprint density at radius 1 is 1.00 bits per heavy atom. The van der Waals surface area contributed by atoms with Gasteiger partial charge in [-0.1, -0.05) is 43.2 Å². The summed E-state index contributed by atoms with van der Waals surface area (Å²) in [6.45, 7) is 17.6. The minimum atomic E-state index is 0.286. The van der Waals surface area contributed by atoms with E-state index < -0.39 is 0 Å². The van der Waals surface area contributed by atoms with E-state index in [9.17, 15) is 0 Å². The lowest BCUT2D eigenvalue weighted by Gasteiger charge is -2.43. The SMILES string of the molecule is CC1(C)CCC(CN2CCN(C(C)(C)C)CC2)=C(c2ccc(Cl)cc2)C1. The first-order valence-corrected chi connectivity index (χ1v) is 10.5. The first-order valence-electron chi connectivity index (χ1n) is 10.1. The third kappa shape index (κ3) is 4.91. The number of nitrogens with zero attached hydrogens (tertiary/aromatic N) is 2. The zero-order valence-corrected chi connectivity index (χ0v) is 18.0. The van der Waals surface area contributed by atoms with Crippen molar-refractivity contribution in [3.05, 3.63) is 40.4 Å². The Kier molecular flexibility index (Phi) is 5.86. The smallest absolute Gasteiger partial charge is 0.0406 e. The molecule has 0 atom stereocenters. The van der Waals surface area contributed by atoms with Crippen molar-refractivity contribution in [3.8, 4) is 0 Å². The van der Waals surface area contributed by atoms with Crippen LogP contribution in [0.4, 0.5) is 0 Å². The van der Waals surface area contributed by atoms with Crippen molar-refractivity contribution in [1.29, 1.82) is 0 Å². The fourth-order valence-corrected chi connectivity index (χ4v) is 4.44. The second kappa shape index (κ2) is 7.66. The van der Waals surface area contributed by atoms with E-state index in [4.69, 9.17) is 11.6 Å². The Morgan fingerprint density at radius 3 is 2.19 bits per heavy atom. The predicted molar refractivity (Wildman–Crippen MR) is 114 cm³/mol. The van der Waals surface area contributed by atoms with Crippen molar-refractivity contribution in [2.24, 2.45) is 5.41 Å². The minimum Gasteiger partial charge on any atom is -0.297 e. The highest BCUT2D eigenvalue weighted by atomic mass is 35.5. The number of rotatable bonds is 3. The van der Waals surface area contributed by atoms with Crippen molar-refractivity contribution in [3.63, 3.8) is 0 Å². The van der Waals surface area contributed by atoms with Gasteiger partial charge in [-0.05, 0) is 68.7 Å². The molecule has 2 aliphatic rings. The molecular formula is C23H35ClN2. The molecule has 2 nitrogen and oxygen atoms in total. The Bertz CT molecular complexity index is 644. The molecule has 1 heterocycles. The highest BCUT2D eigenvalue weighted by molar-refractivity contribution is 6.30. The molecule has 1 aliphatic heterocycles. The second-order valence-corrected chi connectivity index (χ2v) is 10.3. The number of benzene rings is 1. The summed E-state index contributed by atoms with van der Waals surface area (Å²) in [4.78, 5) is 5.27. The summed E-state index contributed by atoms with van der Waals surface area (Å²) in [6.07, 6.45) is 3.69. The number of allylic oxidation sites excluding steroid dienone is 1. The largest absolute Gasteiger partial charge is 0.297 e. The molecule has 144 valence electrons. The monoisotopic (exact) mass is 374 g/mol. The summed E-state index contributed by atoms with van der Waals surface area (Å²) in [5.74, 6) is 0. The molecule has 0 amide bonds. The van der Waals surface area contributed by atoms with Gasteiger partial charge in [0.25, 0.3) is 0 Å². The summed E-state index contributed by atoms with van der Waals surface area (Å²) in [5.41, 5.74) is 5.26. The first kappa shape index (κ1) is 19.9. The van der Waals surface area contributed by atoms with E-state index in [1.807, 2.05) is 12.1 Å². The van der Waals surface area contributed by atoms with E-state index in [1.165, 1.54) is 51.0 Å². The molecule has 3 heteroatoms. The number of piperazine rings is 1. The van der Waals surface area contributed by atoms with Gasteiger partial charge in [0.05, 0.1) is 0 Å². The Hall–Kier alpha value is -0.830. The molecule has 26 heavy (non-hydrogen) atoms. The lowest BCUT2D eigenvalue weighted by atomic mass is 9.72. The van der Waals surface area contributed by atoms with Gasteiger partial charge in [-0.15, -0.1) is 0 Å². The first-order chi connectivity index (χ1) is 12.1. The van der Waals surface area contributed by atoms with Crippen LogP contribution in [0.5, 0.6) is 0 Å². The van der Waals surface area contributed by atoms with Crippen LogP contribution in [0.15, 0.2) is 29.8 Å². The zero-order valence-electron chi connectivity index (χ0n) is 17.2. The summed E-state index contributed by atoms with van der Waals surface area (Å²) >= 11 is 6.12. The fourth-order valence-electron chi connectivity index (χ4n) is 4.31. The number of halogens is 1. The van der Waals surface area contributed by atoms with Crippen LogP contribution in [0.1, 0.15) is 59.4 Å². The van der Waals surface area contributed by atoms with Crippen molar-refractivity contribution >= 4 is 17.2 Å². The number of hydrogen-bond acceptors (Lipinski definition) is 2. The van der Waals surface area contributed by atoms with Gasteiger partial charge in [0.1, 0.15) is 0 Å². The second-order valence-electron chi connectivity index (χ2n) is 9.86. The fraction of sp³-hybridized carbons (Fsp3) is 0.652. The summed E-state index contributed by atoms with van der Waals surface area (Å²) < 4.78 is 0. The van der Waals surface area contributed by atoms with Gasteiger partial charge in [-0.25, -0.2) is 0 Å². The number of hydrogen-bond donors (Lipinski definition) is 0. The zero-order chi connectivity index (χ0) is 18.9. The maximum atomic E-state index is 6.12. The molecule has 1 aromatic carbocycles. The van der Waals surface area contributed by atoms with Crippen molar-refractivity contribution in [2.75, 3.05) is 32.7 Å². The molecule has 1 aliphatic carbocycles. The van der Waals surface area contributed by atoms with Gasteiger partial charge in [0.15, 0.2) is 0 Å². The lowest BCUT2D eigenvalue weighted by Crippen LogP contribution is -2.53. The van der Waals surface area contributed by atoms with Gasteiger partial charge in [0.2, 0.25) is 0 Å². The van der Waals surface area contributed by atoms with E-state index in [0.717, 1.165) is 11.6 Å². The van der Waals surface area contributed by atoms with Gasteiger partial charge in [-0.3, -0.25) is 9.80 Å². The van der Waals surface area contributed by atoms with E-state index in [-0.39, 0.29) is 5.54 Å². The van der Waals surface area contributed by atoms with Crippen LogP contribution in [0, 0.1) is 5.41 Å². The topological polar surface area (TPSA) is 6.48 Å². The summed E-state index contributed by atoms with van der Waals surface area (Å²) in [6, 6.07) is 8.48.